The van der Waals surface area contributed by atoms with Crippen LogP contribution >= 0.6 is 0 Å². The number of likely N-dealkylation sites (tertiary alicyclic amines) is 1. The van der Waals surface area contributed by atoms with Crippen molar-refractivity contribution in [3.8, 4) is 0 Å². The lowest BCUT2D eigenvalue weighted by Crippen LogP contribution is -2.42. The minimum atomic E-state index is -0.380. The van der Waals surface area contributed by atoms with Crippen LogP contribution in [-0.4, -0.2) is 53.3 Å². The Morgan fingerprint density at radius 2 is 2.17 bits per heavy atom. The SMILES string of the molecule is Cc1ccc(CCC(=O)N2CCC(N3C(=O)CNC3=O)C2)cc1F. The number of nitrogens with zero attached hydrogens (tertiary/aromatic N) is 2. The van der Waals surface area contributed by atoms with E-state index >= 15 is 0 Å². The van der Waals surface area contributed by atoms with Gasteiger partial charge in [-0.05, 0) is 37.0 Å². The lowest BCUT2D eigenvalue weighted by molar-refractivity contribution is -0.131. The molecule has 1 aromatic rings. The first-order valence-electron chi connectivity index (χ1n) is 8.08. The summed E-state index contributed by atoms with van der Waals surface area (Å²) in [5, 5.41) is 2.50. The molecular weight excluding hydrogens is 313 g/mol. The molecular formula is C17H20FN3O3. The van der Waals surface area contributed by atoms with E-state index in [1.165, 1.54) is 11.0 Å². The summed E-state index contributed by atoms with van der Waals surface area (Å²) in [4.78, 5) is 38.6. The number of hydrogen-bond donors (Lipinski definition) is 1. The summed E-state index contributed by atoms with van der Waals surface area (Å²) in [6.45, 7) is 2.63. The zero-order chi connectivity index (χ0) is 17.3. The third-order valence-electron chi connectivity index (χ3n) is 4.62. The summed E-state index contributed by atoms with van der Waals surface area (Å²) in [6, 6.07) is 4.36. The number of carbonyl (C=O) groups is 3. The van der Waals surface area contributed by atoms with Crippen molar-refractivity contribution in [1.29, 1.82) is 0 Å². The van der Waals surface area contributed by atoms with Crippen LogP contribution in [0.1, 0.15) is 24.0 Å². The normalized spacial score (nSPS) is 20.7. The van der Waals surface area contributed by atoms with Gasteiger partial charge in [0.15, 0.2) is 0 Å². The van der Waals surface area contributed by atoms with Crippen molar-refractivity contribution in [1.82, 2.24) is 15.1 Å². The van der Waals surface area contributed by atoms with Gasteiger partial charge in [-0.25, -0.2) is 9.18 Å². The van der Waals surface area contributed by atoms with Gasteiger partial charge in [-0.2, -0.15) is 0 Å². The largest absolute Gasteiger partial charge is 0.341 e. The van der Waals surface area contributed by atoms with E-state index in [2.05, 4.69) is 5.32 Å². The van der Waals surface area contributed by atoms with Crippen molar-refractivity contribution in [2.75, 3.05) is 19.6 Å². The number of aryl methyl sites for hydroxylation is 2. The molecule has 4 amide bonds. The van der Waals surface area contributed by atoms with Crippen molar-refractivity contribution < 1.29 is 18.8 Å². The molecule has 0 radical (unpaired) electrons. The fourth-order valence-corrected chi connectivity index (χ4v) is 3.18. The molecule has 24 heavy (non-hydrogen) atoms. The van der Waals surface area contributed by atoms with Gasteiger partial charge in [0.2, 0.25) is 11.8 Å². The minimum absolute atomic E-state index is 0.0300. The summed E-state index contributed by atoms with van der Waals surface area (Å²) in [7, 11) is 0. The topological polar surface area (TPSA) is 69.7 Å². The number of urea groups is 1. The van der Waals surface area contributed by atoms with Crippen molar-refractivity contribution in [3.05, 3.63) is 35.1 Å². The third-order valence-corrected chi connectivity index (χ3v) is 4.62. The van der Waals surface area contributed by atoms with Gasteiger partial charge >= 0.3 is 6.03 Å². The second-order valence-corrected chi connectivity index (χ2v) is 6.29. The van der Waals surface area contributed by atoms with Crippen molar-refractivity contribution in [3.63, 3.8) is 0 Å². The maximum atomic E-state index is 13.5. The molecule has 1 atom stereocenters. The number of hydrogen-bond acceptors (Lipinski definition) is 3. The van der Waals surface area contributed by atoms with Gasteiger partial charge in [-0.1, -0.05) is 12.1 Å². The lowest BCUT2D eigenvalue weighted by atomic mass is 10.1. The highest BCUT2D eigenvalue weighted by molar-refractivity contribution is 6.02. The zero-order valence-electron chi connectivity index (χ0n) is 13.5. The van der Waals surface area contributed by atoms with E-state index in [1.807, 2.05) is 6.07 Å². The maximum absolute atomic E-state index is 13.5. The molecule has 128 valence electrons. The van der Waals surface area contributed by atoms with Crippen LogP contribution in [0.2, 0.25) is 0 Å². The highest BCUT2D eigenvalue weighted by Crippen LogP contribution is 2.19. The van der Waals surface area contributed by atoms with Crippen molar-refractivity contribution in [2.45, 2.75) is 32.2 Å². The smallest absolute Gasteiger partial charge is 0.324 e. The molecule has 2 aliphatic rings. The molecule has 2 heterocycles. The van der Waals surface area contributed by atoms with Gasteiger partial charge < -0.3 is 10.2 Å². The number of amides is 4. The predicted octanol–water partition coefficient (Wildman–Crippen LogP) is 1.22. The van der Waals surface area contributed by atoms with E-state index in [9.17, 15) is 18.8 Å². The van der Waals surface area contributed by atoms with Crippen LogP contribution in [-0.2, 0) is 16.0 Å². The van der Waals surface area contributed by atoms with Crippen LogP contribution in [0.3, 0.4) is 0 Å². The van der Waals surface area contributed by atoms with E-state index in [-0.39, 0.29) is 42.7 Å². The minimum Gasteiger partial charge on any atom is -0.341 e. The Morgan fingerprint density at radius 3 is 2.83 bits per heavy atom. The van der Waals surface area contributed by atoms with E-state index in [0.717, 1.165) is 5.56 Å². The molecule has 1 aromatic carbocycles. The highest BCUT2D eigenvalue weighted by Gasteiger charge is 2.39. The number of halogens is 1. The fraction of sp³-hybridized carbons (Fsp3) is 0.471. The highest BCUT2D eigenvalue weighted by atomic mass is 19.1. The van der Waals surface area contributed by atoms with Crippen LogP contribution in [0.25, 0.3) is 0 Å². The average Bonchev–Trinajstić information content (AvgIpc) is 3.15. The van der Waals surface area contributed by atoms with Gasteiger partial charge in [-0.15, -0.1) is 0 Å². The molecule has 2 fully saturated rings. The molecule has 0 bridgehead atoms. The summed E-state index contributed by atoms with van der Waals surface area (Å²) >= 11 is 0. The molecule has 2 saturated heterocycles. The van der Waals surface area contributed by atoms with E-state index in [1.54, 1.807) is 17.9 Å². The second-order valence-electron chi connectivity index (χ2n) is 6.29. The second kappa shape index (κ2) is 6.59. The van der Waals surface area contributed by atoms with E-state index < -0.39 is 0 Å². The Balaban J connectivity index is 1.54. The molecule has 2 aliphatic heterocycles. The molecule has 6 nitrogen and oxygen atoms in total. The Morgan fingerprint density at radius 1 is 1.38 bits per heavy atom. The monoisotopic (exact) mass is 333 g/mol. The molecule has 0 saturated carbocycles. The summed E-state index contributed by atoms with van der Waals surface area (Å²) in [6.07, 6.45) is 1.36. The van der Waals surface area contributed by atoms with Gasteiger partial charge in [-0.3, -0.25) is 14.5 Å². The van der Waals surface area contributed by atoms with E-state index in [0.29, 0.717) is 31.5 Å². The molecule has 7 heteroatoms. The van der Waals surface area contributed by atoms with Crippen LogP contribution < -0.4 is 5.32 Å². The van der Waals surface area contributed by atoms with E-state index in [4.69, 9.17) is 0 Å². The summed E-state index contributed by atoms with van der Waals surface area (Å²) in [5.74, 6) is -0.542. The number of imide groups is 1. The lowest BCUT2D eigenvalue weighted by Gasteiger charge is -2.21. The van der Waals surface area contributed by atoms with Crippen LogP contribution in [0, 0.1) is 12.7 Å². The number of rotatable bonds is 4. The number of benzene rings is 1. The molecule has 0 spiro atoms. The summed E-state index contributed by atoms with van der Waals surface area (Å²) in [5.41, 5.74) is 1.37. The third kappa shape index (κ3) is 3.25. The maximum Gasteiger partial charge on any atom is 0.324 e. The average molecular weight is 333 g/mol. The van der Waals surface area contributed by atoms with Crippen molar-refractivity contribution >= 4 is 17.8 Å². The Hall–Kier alpha value is -2.44. The summed E-state index contributed by atoms with van der Waals surface area (Å²) < 4.78 is 13.5. The van der Waals surface area contributed by atoms with Crippen LogP contribution in [0.5, 0.6) is 0 Å². The Bertz CT molecular complexity index is 676. The van der Waals surface area contributed by atoms with Gasteiger partial charge in [0.25, 0.3) is 0 Å². The van der Waals surface area contributed by atoms with Gasteiger partial charge in [0.05, 0.1) is 12.6 Å². The first kappa shape index (κ1) is 16.4. The Kier molecular flexibility index (Phi) is 4.51. The molecule has 3 rings (SSSR count). The molecule has 0 aliphatic carbocycles. The predicted molar refractivity (Wildman–Crippen MR) is 84.7 cm³/mol. The van der Waals surface area contributed by atoms with Gasteiger partial charge in [0, 0.05) is 19.5 Å². The van der Waals surface area contributed by atoms with Crippen LogP contribution in [0.4, 0.5) is 9.18 Å². The first-order chi connectivity index (χ1) is 11.5. The number of nitrogens with one attached hydrogen (secondary N) is 1. The number of carbonyl (C=O) groups excluding carboxylic acids is 3. The Labute approximate surface area is 139 Å². The fourth-order valence-electron chi connectivity index (χ4n) is 3.18. The molecule has 1 unspecified atom stereocenters. The molecule has 1 N–H and O–H groups in total. The first-order valence-corrected chi connectivity index (χ1v) is 8.08. The zero-order valence-corrected chi connectivity index (χ0v) is 13.5. The van der Waals surface area contributed by atoms with Crippen molar-refractivity contribution in [2.24, 2.45) is 0 Å². The molecule has 0 aromatic heterocycles. The quantitative estimate of drug-likeness (QED) is 0.842. The standard InChI is InChI=1S/C17H20FN3O3/c1-11-2-3-12(8-14(11)18)4-5-15(22)20-7-6-13(10-20)21-16(23)9-19-17(21)24/h2-3,8,13H,4-7,9-10H2,1H3,(H,19,24). The van der Waals surface area contributed by atoms with Gasteiger partial charge in [0.1, 0.15) is 5.82 Å². The van der Waals surface area contributed by atoms with Crippen LogP contribution in [0.15, 0.2) is 18.2 Å².